The van der Waals surface area contributed by atoms with Crippen LogP contribution in [0.3, 0.4) is 0 Å². The summed E-state index contributed by atoms with van der Waals surface area (Å²) in [7, 11) is 0. The zero-order chi connectivity index (χ0) is 17.1. The molecule has 1 amide bonds. The Labute approximate surface area is 145 Å². The van der Waals surface area contributed by atoms with Gasteiger partial charge in [0, 0.05) is 5.56 Å². The van der Waals surface area contributed by atoms with Crippen molar-refractivity contribution in [3.63, 3.8) is 0 Å². The number of carbonyl (C=O) groups is 1. The third-order valence-electron chi connectivity index (χ3n) is 3.98. The molecule has 0 aliphatic carbocycles. The molecule has 3 aromatic rings. The first-order chi connectivity index (χ1) is 11.6. The summed E-state index contributed by atoms with van der Waals surface area (Å²) in [6, 6.07) is 13.8. The van der Waals surface area contributed by atoms with Gasteiger partial charge < -0.3 is 4.57 Å². The Hall–Kier alpha value is -2.64. The number of fused-ring (bicyclic) bond motifs is 1. The van der Waals surface area contributed by atoms with Crippen LogP contribution < -0.4 is 4.80 Å². The number of nitrogens with zero attached hydrogens (tertiary/aromatic N) is 2. The third kappa shape index (κ3) is 3.04. The highest BCUT2D eigenvalue weighted by atomic mass is 32.1. The van der Waals surface area contributed by atoms with Crippen LogP contribution in [0.2, 0.25) is 0 Å². The standard InChI is InChI=1S/C20H18N2OS/c1-4-12-22-17-11-10-15(5-2)13-18(17)24-20(22)21-19(23)16-9-7-6-8-14(16)3/h1,6-11,13H,5,12H2,2-3H3. The summed E-state index contributed by atoms with van der Waals surface area (Å²) >= 11 is 1.50. The van der Waals surface area contributed by atoms with Crippen molar-refractivity contribution in [1.29, 1.82) is 0 Å². The molecule has 1 aromatic heterocycles. The quantitative estimate of drug-likeness (QED) is 0.668. The predicted octanol–water partition coefficient (Wildman–Crippen LogP) is 3.95. The van der Waals surface area contributed by atoms with E-state index in [-0.39, 0.29) is 5.91 Å². The molecule has 0 unspecified atom stereocenters. The number of aromatic nitrogens is 1. The molecule has 120 valence electrons. The van der Waals surface area contributed by atoms with Gasteiger partial charge >= 0.3 is 0 Å². The van der Waals surface area contributed by atoms with E-state index in [0.717, 1.165) is 22.2 Å². The van der Waals surface area contributed by atoms with Crippen LogP contribution in [-0.2, 0) is 13.0 Å². The second kappa shape index (κ2) is 6.86. The fourth-order valence-corrected chi connectivity index (χ4v) is 3.72. The zero-order valence-corrected chi connectivity index (χ0v) is 14.6. The number of terminal acetylenes is 1. The van der Waals surface area contributed by atoms with Crippen LogP contribution in [0.5, 0.6) is 0 Å². The molecule has 3 rings (SSSR count). The van der Waals surface area contributed by atoms with Gasteiger partial charge in [0.05, 0.1) is 16.8 Å². The van der Waals surface area contributed by atoms with E-state index in [0.29, 0.717) is 16.9 Å². The van der Waals surface area contributed by atoms with Crippen molar-refractivity contribution in [3.05, 3.63) is 64.0 Å². The Morgan fingerprint density at radius 2 is 2.08 bits per heavy atom. The average molecular weight is 334 g/mol. The second-order valence-corrected chi connectivity index (χ2v) is 6.57. The SMILES string of the molecule is C#CCn1c(=NC(=O)c2ccccc2C)sc2cc(CC)ccc21. The monoisotopic (exact) mass is 334 g/mol. The molecule has 2 aromatic carbocycles. The molecule has 0 N–H and O–H groups in total. The van der Waals surface area contributed by atoms with Crippen molar-refractivity contribution in [3.8, 4) is 12.3 Å². The van der Waals surface area contributed by atoms with E-state index in [1.165, 1.54) is 16.9 Å². The molecule has 0 saturated heterocycles. The van der Waals surface area contributed by atoms with Crippen LogP contribution in [-0.4, -0.2) is 10.5 Å². The van der Waals surface area contributed by atoms with E-state index in [1.807, 2.05) is 29.7 Å². The molecule has 1 heterocycles. The van der Waals surface area contributed by atoms with Gasteiger partial charge in [0.2, 0.25) is 0 Å². The minimum atomic E-state index is -0.235. The highest BCUT2D eigenvalue weighted by molar-refractivity contribution is 7.16. The Kier molecular flexibility index (Phi) is 4.64. The molecule has 0 fully saturated rings. The van der Waals surface area contributed by atoms with Gasteiger partial charge in [0.15, 0.2) is 4.80 Å². The number of benzene rings is 2. The van der Waals surface area contributed by atoms with Crippen molar-refractivity contribution < 1.29 is 4.79 Å². The van der Waals surface area contributed by atoms with E-state index < -0.39 is 0 Å². The van der Waals surface area contributed by atoms with Crippen LogP contribution in [0.1, 0.15) is 28.4 Å². The van der Waals surface area contributed by atoms with Crippen LogP contribution in [0.25, 0.3) is 10.2 Å². The Morgan fingerprint density at radius 1 is 1.29 bits per heavy atom. The molecular weight excluding hydrogens is 316 g/mol. The predicted molar refractivity (Wildman–Crippen MR) is 99.1 cm³/mol. The lowest BCUT2D eigenvalue weighted by atomic mass is 10.1. The summed E-state index contributed by atoms with van der Waals surface area (Å²) in [6.45, 7) is 4.43. The first kappa shape index (κ1) is 16.2. The Bertz CT molecular complexity index is 1020. The number of thiazole rings is 1. The van der Waals surface area contributed by atoms with Crippen LogP contribution >= 0.6 is 11.3 Å². The highest BCUT2D eigenvalue weighted by Gasteiger charge is 2.10. The van der Waals surface area contributed by atoms with Gasteiger partial charge in [0.1, 0.15) is 0 Å². The minimum absolute atomic E-state index is 0.235. The maximum atomic E-state index is 12.6. The van der Waals surface area contributed by atoms with Gasteiger partial charge in [-0.25, -0.2) is 0 Å². The van der Waals surface area contributed by atoms with Crippen LogP contribution in [0, 0.1) is 19.3 Å². The van der Waals surface area contributed by atoms with Gasteiger partial charge in [-0.1, -0.05) is 48.4 Å². The normalized spacial score (nSPS) is 11.6. The second-order valence-electron chi connectivity index (χ2n) is 5.56. The topological polar surface area (TPSA) is 34.4 Å². The number of rotatable bonds is 3. The molecule has 0 aliphatic heterocycles. The minimum Gasteiger partial charge on any atom is -0.305 e. The van der Waals surface area contributed by atoms with Crippen molar-refractivity contribution in [2.75, 3.05) is 0 Å². The molecule has 24 heavy (non-hydrogen) atoms. The molecule has 4 heteroatoms. The molecule has 0 atom stereocenters. The number of hydrogen-bond acceptors (Lipinski definition) is 2. The van der Waals surface area contributed by atoms with Gasteiger partial charge in [0.25, 0.3) is 5.91 Å². The Morgan fingerprint density at radius 3 is 2.79 bits per heavy atom. The maximum absolute atomic E-state index is 12.6. The zero-order valence-electron chi connectivity index (χ0n) is 13.7. The number of hydrogen-bond donors (Lipinski definition) is 0. The third-order valence-corrected chi connectivity index (χ3v) is 5.02. The molecule has 0 spiro atoms. The van der Waals surface area contributed by atoms with Gasteiger partial charge in [-0.3, -0.25) is 4.79 Å². The maximum Gasteiger partial charge on any atom is 0.279 e. The Balaban J connectivity index is 2.17. The summed E-state index contributed by atoms with van der Waals surface area (Å²) in [5, 5.41) is 0. The van der Waals surface area contributed by atoms with E-state index in [4.69, 9.17) is 6.42 Å². The van der Waals surface area contributed by atoms with Gasteiger partial charge in [-0.15, -0.1) is 6.42 Å². The largest absolute Gasteiger partial charge is 0.305 e. The van der Waals surface area contributed by atoms with E-state index in [1.54, 1.807) is 6.07 Å². The molecular formula is C20H18N2OS. The molecule has 0 saturated carbocycles. The van der Waals surface area contributed by atoms with Gasteiger partial charge in [-0.05, 0) is 42.7 Å². The van der Waals surface area contributed by atoms with Crippen LogP contribution in [0.4, 0.5) is 0 Å². The number of carbonyl (C=O) groups excluding carboxylic acids is 1. The van der Waals surface area contributed by atoms with E-state index in [9.17, 15) is 4.79 Å². The first-order valence-corrected chi connectivity index (χ1v) is 8.66. The van der Waals surface area contributed by atoms with Crippen molar-refractivity contribution in [1.82, 2.24) is 4.57 Å². The van der Waals surface area contributed by atoms with Crippen LogP contribution in [0.15, 0.2) is 47.5 Å². The molecule has 0 radical (unpaired) electrons. The molecule has 0 aliphatic rings. The first-order valence-electron chi connectivity index (χ1n) is 7.84. The van der Waals surface area contributed by atoms with Crippen molar-refractivity contribution in [2.45, 2.75) is 26.8 Å². The smallest absolute Gasteiger partial charge is 0.279 e. The number of aryl methyl sites for hydroxylation is 2. The lowest BCUT2D eigenvalue weighted by Crippen LogP contribution is -2.16. The fraction of sp³-hybridized carbons (Fsp3) is 0.200. The highest BCUT2D eigenvalue weighted by Crippen LogP contribution is 2.20. The van der Waals surface area contributed by atoms with Gasteiger partial charge in [-0.2, -0.15) is 4.99 Å². The number of amides is 1. The van der Waals surface area contributed by atoms with Crippen molar-refractivity contribution in [2.24, 2.45) is 4.99 Å². The summed E-state index contributed by atoms with van der Waals surface area (Å²) in [6.07, 6.45) is 6.48. The summed E-state index contributed by atoms with van der Waals surface area (Å²) in [5.74, 6) is 2.42. The van der Waals surface area contributed by atoms with Crippen molar-refractivity contribution >= 4 is 27.5 Å². The molecule has 3 nitrogen and oxygen atoms in total. The fourth-order valence-electron chi connectivity index (χ4n) is 2.63. The molecule has 0 bridgehead atoms. The van der Waals surface area contributed by atoms with E-state index >= 15 is 0 Å². The lowest BCUT2D eigenvalue weighted by molar-refractivity contribution is 0.0997. The summed E-state index contributed by atoms with van der Waals surface area (Å²) in [4.78, 5) is 17.6. The summed E-state index contributed by atoms with van der Waals surface area (Å²) < 4.78 is 3.02. The van der Waals surface area contributed by atoms with E-state index in [2.05, 4.69) is 36.0 Å². The summed E-state index contributed by atoms with van der Waals surface area (Å²) in [5.41, 5.74) is 3.82. The lowest BCUT2D eigenvalue weighted by Gasteiger charge is -2.02. The average Bonchev–Trinajstić information content (AvgIpc) is 2.92.